The van der Waals surface area contributed by atoms with Crippen LogP contribution in [0.25, 0.3) is 0 Å². The van der Waals surface area contributed by atoms with Gasteiger partial charge in [-0.3, -0.25) is 9.59 Å². The number of sulfonamides is 1. The van der Waals surface area contributed by atoms with Crippen LogP contribution in [0.1, 0.15) is 52.9 Å². The number of benzene rings is 2. The lowest BCUT2D eigenvalue weighted by molar-refractivity contribution is -0.121. The first-order valence-electron chi connectivity index (χ1n) is 9.28. The summed E-state index contributed by atoms with van der Waals surface area (Å²) in [5, 5.41) is 2.95. The predicted octanol–water partition coefficient (Wildman–Crippen LogP) is 3.11. The van der Waals surface area contributed by atoms with Gasteiger partial charge in [0, 0.05) is 13.0 Å². The Morgan fingerprint density at radius 2 is 1.82 bits per heavy atom. The van der Waals surface area contributed by atoms with E-state index in [4.69, 9.17) is 0 Å². The summed E-state index contributed by atoms with van der Waals surface area (Å²) in [6.07, 6.45) is 0.626. The highest BCUT2D eigenvalue weighted by molar-refractivity contribution is 7.90. The minimum atomic E-state index is -3.88. The number of rotatable bonds is 6. The zero-order chi connectivity index (χ0) is 20.5. The number of carbonyl (C=O) groups is 2. The zero-order valence-electron chi connectivity index (χ0n) is 16.2. The Morgan fingerprint density at radius 1 is 1.11 bits per heavy atom. The summed E-state index contributed by atoms with van der Waals surface area (Å²) < 4.78 is 25.9. The number of hydrogen-bond donors (Lipinski definition) is 1. The third-order valence-electron chi connectivity index (χ3n) is 5.13. The van der Waals surface area contributed by atoms with Gasteiger partial charge in [0.1, 0.15) is 4.90 Å². The molecule has 0 saturated carbocycles. The molecule has 1 atom stereocenters. The first-order valence-corrected chi connectivity index (χ1v) is 10.7. The standard InChI is InChI=1S/C21H24N2O4S/c1-4-18(16-10-9-14(2)15(3)13-16)22-20(24)11-12-23-21(25)17-7-5-6-8-19(17)28(23,26)27/h5-10,13,18H,4,11-12H2,1-3H3,(H,22,24). The summed E-state index contributed by atoms with van der Waals surface area (Å²) in [4.78, 5) is 24.9. The van der Waals surface area contributed by atoms with Crippen LogP contribution in [0.2, 0.25) is 0 Å². The molecule has 0 fully saturated rings. The van der Waals surface area contributed by atoms with E-state index in [1.807, 2.05) is 32.9 Å². The number of aryl methyl sites for hydroxylation is 2. The number of nitrogens with one attached hydrogen (secondary N) is 1. The second kappa shape index (κ2) is 7.75. The first-order chi connectivity index (χ1) is 13.3. The fraction of sp³-hybridized carbons (Fsp3) is 0.333. The predicted molar refractivity (Wildman–Crippen MR) is 106 cm³/mol. The summed E-state index contributed by atoms with van der Waals surface area (Å²) in [7, 11) is -3.88. The molecule has 0 saturated heterocycles. The molecule has 2 aromatic carbocycles. The Morgan fingerprint density at radius 3 is 2.46 bits per heavy atom. The van der Waals surface area contributed by atoms with Gasteiger partial charge in [-0.1, -0.05) is 37.3 Å². The minimum absolute atomic E-state index is 0.00183. The van der Waals surface area contributed by atoms with Gasteiger partial charge in [0.25, 0.3) is 15.9 Å². The van der Waals surface area contributed by atoms with Crippen LogP contribution in [-0.2, 0) is 14.8 Å². The third-order valence-corrected chi connectivity index (χ3v) is 6.97. The maximum Gasteiger partial charge on any atom is 0.269 e. The fourth-order valence-electron chi connectivity index (χ4n) is 3.32. The molecular formula is C21H24N2O4S. The van der Waals surface area contributed by atoms with Gasteiger partial charge in [-0.05, 0) is 49.1 Å². The van der Waals surface area contributed by atoms with E-state index in [2.05, 4.69) is 11.4 Å². The van der Waals surface area contributed by atoms with Gasteiger partial charge >= 0.3 is 0 Å². The van der Waals surface area contributed by atoms with E-state index in [9.17, 15) is 18.0 Å². The molecule has 6 nitrogen and oxygen atoms in total. The van der Waals surface area contributed by atoms with Crippen molar-refractivity contribution in [1.82, 2.24) is 9.62 Å². The van der Waals surface area contributed by atoms with Crippen molar-refractivity contribution in [2.24, 2.45) is 0 Å². The lowest BCUT2D eigenvalue weighted by atomic mass is 9.99. The van der Waals surface area contributed by atoms with Crippen molar-refractivity contribution in [2.45, 2.75) is 44.6 Å². The number of hydrogen-bond acceptors (Lipinski definition) is 4. The van der Waals surface area contributed by atoms with E-state index in [1.165, 1.54) is 17.7 Å². The minimum Gasteiger partial charge on any atom is -0.349 e. The van der Waals surface area contributed by atoms with Crippen molar-refractivity contribution in [3.8, 4) is 0 Å². The van der Waals surface area contributed by atoms with Gasteiger partial charge in [-0.2, -0.15) is 0 Å². The number of amides is 2. The molecular weight excluding hydrogens is 376 g/mol. The monoisotopic (exact) mass is 400 g/mol. The molecule has 1 N–H and O–H groups in total. The Balaban J connectivity index is 1.67. The quantitative estimate of drug-likeness (QED) is 0.808. The van der Waals surface area contributed by atoms with Crippen LogP contribution in [0.15, 0.2) is 47.4 Å². The highest BCUT2D eigenvalue weighted by Crippen LogP contribution is 2.30. The van der Waals surface area contributed by atoms with Crippen LogP contribution in [0.3, 0.4) is 0 Å². The van der Waals surface area contributed by atoms with E-state index in [0.717, 1.165) is 15.4 Å². The van der Waals surface area contributed by atoms with Crippen molar-refractivity contribution in [3.05, 3.63) is 64.7 Å². The molecule has 28 heavy (non-hydrogen) atoms. The van der Waals surface area contributed by atoms with Crippen LogP contribution in [0.4, 0.5) is 0 Å². The van der Waals surface area contributed by atoms with E-state index < -0.39 is 15.9 Å². The van der Waals surface area contributed by atoms with Crippen molar-refractivity contribution >= 4 is 21.8 Å². The number of fused-ring (bicyclic) bond motifs is 1. The Bertz CT molecular complexity index is 1030. The highest BCUT2D eigenvalue weighted by atomic mass is 32.2. The summed E-state index contributed by atoms with van der Waals surface area (Å²) in [5.74, 6) is -0.867. The molecule has 0 aliphatic carbocycles. The Kier molecular flexibility index (Phi) is 5.56. The van der Waals surface area contributed by atoms with Gasteiger partial charge in [-0.25, -0.2) is 12.7 Å². The SMILES string of the molecule is CCC(NC(=O)CCN1C(=O)c2ccccc2S1(=O)=O)c1ccc(C)c(C)c1. The van der Waals surface area contributed by atoms with E-state index in [-0.39, 0.29) is 35.4 Å². The zero-order valence-corrected chi connectivity index (χ0v) is 17.0. The molecule has 1 unspecified atom stereocenters. The molecule has 1 heterocycles. The maximum absolute atomic E-state index is 12.5. The van der Waals surface area contributed by atoms with Crippen LogP contribution in [0.5, 0.6) is 0 Å². The lowest BCUT2D eigenvalue weighted by Gasteiger charge is -2.20. The second-order valence-electron chi connectivity index (χ2n) is 7.00. The van der Waals surface area contributed by atoms with Crippen molar-refractivity contribution in [3.63, 3.8) is 0 Å². The molecule has 2 amide bonds. The van der Waals surface area contributed by atoms with E-state index >= 15 is 0 Å². The average Bonchev–Trinajstić information content (AvgIpc) is 2.86. The van der Waals surface area contributed by atoms with Gasteiger partial charge in [-0.15, -0.1) is 0 Å². The molecule has 0 bridgehead atoms. The molecule has 1 aliphatic heterocycles. The lowest BCUT2D eigenvalue weighted by Crippen LogP contribution is -2.35. The molecule has 0 radical (unpaired) electrons. The summed E-state index contributed by atoms with van der Waals surface area (Å²) >= 11 is 0. The summed E-state index contributed by atoms with van der Waals surface area (Å²) in [5.41, 5.74) is 3.50. The van der Waals surface area contributed by atoms with E-state index in [1.54, 1.807) is 12.1 Å². The van der Waals surface area contributed by atoms with Crippen molar-refractivity contribution < 1.29 is 18.0 Å². The summed E-state index contributed by atoms with van der Waals surface area (Å²) in [6.45, 7) is 5.86. The fourth-order valence-corrected chi connectivity index (χ4v) is 4.89. The summed E-state index contributed by atoms with van der Waals surface area (Å²) in [6, 6.07) is 12.0. The Labute approximate surface area is 165 Å². The van der Waals surface area contributed by atoms with Crippen LogP contribution >= 0.6 is 0 Å². The number of carbonyl (C=O) groups excluding carboxylic acids is 2. The van der Waals surface area contributed by atoms with Gasteiger partial charge in [0.2, 0.25) is 5.91 Å². The smallest absolute Gasteiger partial charge is 0.269 e. The van der Waals surface area contributed by atoms with Gasteiger partial charge in [0.05, 0.1) is 11.6 Å². The largest absolute Gasteiger partial charge is 0.349 e. The van der Waals surface area contributed by atoms with Crippen molar-refractivity contribution in [2.75, 3.05) is 6.54 Å². The first kappa shape index (κ1) is 20.1. The molecule has 3 rings (SSSR count). The molecule has 0 spiro atoms. The highest BCUT2D eigenvalue weighted by Gasteiger charge is 2.40. The second-order valence-corrected chi connectivity index (χ2v) is 8.83. The van der Waals surface area contributed by atoms with Crippen LogP contribution in [-0.4, -0.2) is 31.1 Å². The van der Waals surface area contributed by atoms with Crippen LogP contribution < -0.4 is 5.32 Å². The molecule has 1 aliphatic rings. The molecule has 0 aromatic heterocycles. The van der Waals surface area contributed by atoms with Crippen LogP contribution in [0, 0.1) is 13.8 Å². The molecule has 148 valence electrons. The topological polar surface area (TPSA) is 83.6 Å². The van der Waals surface area contributed by atoms with Crippen molar-refractivity contribution in [1.29, 1.82) is 0 Å². The molecule has 2 aromatic rings. The average molecular weight is 401 g/mol. The van der Waals surface area contributed by atoms with Gasteiger partial charge < -0.3 is 5.32 Å². The van der Waals surface area contributed by atoms with E-state index in [0.29, 0.717) is 6.42 Å². The third kappa shape index (κ3) is 3.67. The van der Waals surface area contributed by atoms with Gasteiger partial charge in [0.15, 0.2) is 0 Å². The normalized spacial score (nSPS) is 16.0. The molecule has 7 heteroatoms. The maximum atomic E-state index is 12.5. The Hall–Kier alpha value is -2.67. The number of nitrogens with zero attached hydrogens (tertiary/aromatic N) is 1.